The molecule has 0 saturated carbocycles. The van der Waals surface area contributed by atoms with Crippen LogP contribution >= 0.6 is 11.6 Å². The largest absolute Gasteiger partial charge is 0.395 e. The highest BCUT2D eigenvalue weighted by Gasteiger charge is 2.25. The lowest BCUT2D eigenvalue weighted by Crippen LogP contribution is -2.31. The van der Waals surface area contributed by atoms with Crippen LogP contribution in [0.3, 0.4) is 0 Å². The smallest absolute Gasteiger partial charge is 0.259 e. The molecule has 6 heteroatoms. The third kappa shape index (κ3) is 2.70. The monoisotopic (exact) mass is 293 g/mol. The number of halogens is 1. The first-order valence-electron chi connectivity index (χ1n) is 6.70. The van der Waals surface area contributed by atoms with Gasteiger partial charge in [-0.2, -0.15) is 4.98 Å². The highest BCUT2D eigenvalue weighted by molar-refractivity contribution is 6.33. The van der Waals surface area contributed by atoms with E-state index in [4.69, 9.17) is 16.1 Å². The lowest BCUT2D eigenvalue weighted by Gasteiger charge is -2.20. The lowest BCUT2D eigenvalue weighted by molar-refractivity contribution is 0.150. The number of benzene rings is 1. The second-order valence-electron chi connectivity index (χ2n) is 4.94. The van der Waals surface area contributed by atoms with Gasteiger partial charge in [0.1, 0.15) is 0 Å². The predicted molar refractivity (Wildman–Crippen MR) is 75.3 cm³/mol. The number of nitrogens with zero attached hydrogens (tertiary/aromatic N) is 3. The minimum Gasteiger partial charge on any atom is -0.395 e. The molecule has 1 aromatic heterocycles. The molecule has 0 aliphatic carbocycles. The molecule has 1 fully saturated rings. The Morgan fingerprint density at radius 2 is 2.25 bits per heavy atom. The van der Waals surface area contributed by atoms with E-state index < -0.39 is 0 Å². The Balaban J connectivity index is 1.76. The maximum Gasteiger partial charge on any atom is 0.259 e. The minimum absolute atomic E-state index is 0.176. The molecule has 1 aliphatic rings. The van der Waals surface area contributed by atoms with Crippen molar-refractivity contribution in [3.05, 3.63) is 35.1 Å². The molecule has 1 unspecified atom stereocenters. The van der Waals surface area contributed by atoms with Gasteiger partial charge in [0.2, 0.25) is 0 Å². The molecule has 106 valence electrons. The number of aliphatic hydroxyl groups excluding tert-OH is 1. The molecule has 1 saturated heterocycles. The van der Waals surface area contributed by atoms with Crippen molar-refractivity contribution in [3.63, 3.8) is 0 Å². The van der Waals surface area contributed by atoms with Gasteiger partial charge in [-0.05, 0) is 31.5 Å². The van der Waals surface area contributed by atoms with Crippen LogP contribution in [0.5, 0.6) is 0 Å². The van der Waals surface area contributed by atoms with Gasteiger partial charge in [-0.3, -0.25) is 4.90 Å². The predicted octanol–water partition coefficient (Wildman–Crippen LogP) is 2.35. The van der Waals surface area contributed by atoms with Gasteiger partial charge in [0.15, 0.2) is 5.82 Å². The summed E-state index contributed by atoms with van der Waals surface area (Å²) in [5.41, 5.74) is 0.744. The summed E-state index contributed by atoms with van der Waals surface area (Å²) in [5.74, 6) is 1.06. The topological polar surface area (TPSA) is 62.4 Å². The number of hydrogen-bond acceptors (Lipinski definition) is 5. The Hall–Kier alpha value is -1.43. The molecule has 1 aliphatic heterocycles. The van der Waals surface area contributed by atoms with Crippen LogP contribution in [0, 0.1) is 0 Å². The van der Waals surface area contributed by atoms with Gasteiger partial charge >= 0.3 is 0 Å². The number of hydrogen-bond donors (Lipinski definition) is 1. The van der Waals surface area contributed by atoms with E-state index in [2.05, 4.69) is 15.0 Å². The molecule has 2 heterocycles. The Morgan fingerprint density at radius 3 is 3.05 bits per heavy atom. The highest BCUT2D eigenvalue weighted by atomic mass is 35.5. The molecule has 0 radical (unpaired) electrons. The summed E-state index contributed by atoms with van der Waals surface area (Å²) in [5, 5.41) is 13.9. The number of aliphatic hydroxyl groups is 1. The van der Waals surface area contributed by atoms with Crippen LogP contribution in [-0.2, 0) is 6.54 Å². The zero-order valence-electron chi connectivity index (χ0n) is 11.0. The fourth-order valence-electron chi connectivity index (χ4n) is 2.55. The molecule has 0 bridgehead atoms. The number of aromatic nitrogens is 2. The zero-order valence-corrected chi connectivity index (χ0v) is 11.8. The zero-order chi connectivity index (χ0) is 13.9. The third-order valence-electron chi connectivity index (χ3n) is 3.63. The van der Waals surface area contributed by atoms with Gasteiger partial charge in [0, 0.05) is 6.04 Å². The van der Waals surface area contributed by atoms with Crippen LogP contribution in [0.2, 0.25) is 5.02 Å². The summed E-state index contributed by atoms with van der Waals surface area (Å²) in [6, 6.07) is 7.60. The summed E-state index contributed by atoms with van der Waals surface area (Å²) in [6.07, 6.45) is 2.12. The van der Waals surface area contributed by atoms with Crippen molar-refractivity contribution >= 4 is 11.6 Å². The van der Waals surface area contributed by atoms with Crippen molar-refractivity contribution in [3.8, 4) is 11.5 Å². The van der Waals surface area contributed by atoms with Gasteiger partial charge in [-0.15, -0.1) is 0 Å². The first-order valence-corrected chi connectivity index (χ1v) is 7.08. The van der Waals surface area contributed by atoms with E-state index in [-0.39, 0.29) is 12.6 Å². The quantitative estimate of drug-likeness (QED) is 0.937. The summed E-state index contributed by atoms with van der Waals surface area (Å²) in [7, 11) is 0. The molecular weight excluding hydrogens is 278 g/mol. The molecule has 1 N–H and O–H groups in total. The molecule has 5 nitrogen and oxygen atoms in total. The lowest BCUT2D eigenvalue weighted by atomic mass is 10.2. The Kier molecular flexibility index (Phi) is 4.00. The van der Waals surface area contributed by atoms with Crippen LogP contribution in [-0.4, -0.2) is 39.3 Å². The average Bonchev–Trinajstić information content (AvgIpc) is 3.09. The van der Waals surface area contributed by atoms with E-state index >= 15 is 0 Å². The molecule has 1 atom stereocenters. The highest BCUT2D eigenvalue weighted by Crippen LogP contribution is 2.26. The molecule has 1 aromatic carbocycles. The van der Waals surface area contributed by atoms with Crippen LogP contribution < -0.4 is 0 Å². The second kappa shape index (κ2) is 5.91. The molecule has 2 aromatic rings. The fourth-order valence-corrected chi connectivity index (χ4v) is 2.77. The number of rotatable bonds is 4. The van der Waals surface area contributed by atoms with E-state index in [0.717, 1.165) is 24.9 Å². The summed E-state index contributed by atoms with van der Waals surface area (Å²) in [6.45, 7) is 1.73. The maximum absolute atomic E-state index is 9.31. The van der Waals surface area contributed by atoms with Crippen molar-refractivity contribution in [2.75, 3.05) is 13.2 Å². The van der Waals surface area contributed by atoms with Crippen LogP contribution in [0.15, 0.2) is 28.8 Å². The van der Waals surface area contributed by atoms with Gasteiger partial charge in [-0.25, -0.2) is 0 Å². The first-order chi connectivity index (χ1) is 9.78. The normalized spacial score (nSPS) is 19.6. The molecule has 20 heavy (non-hydrogen) atoms. The standard InChI is InChI=1S/C14H16ClN3O2/c15-12-6-2-1-5-11(12)14-16-13(17-20-14)8-18-7-3-4-10(18)9-19/h1-2,5-6,10,19H,3-4,7-9H2. The molecule has 3 rings (SSSR count). The van der Waals surface area contributed by atoms with Crippen LogP contribution in [0.25, 0.3) is 11.5 Å². The first kappa shape index (κ1) is 13.5. The van der Waals surface area contributed by atoms with E-state index in [1.165, 1.54) is 0 Å². The van der Waals surface area contributed by atoms with E-state index in [9.17, 15) is 5.11 Å². The minimum atomic E-state index is 0.176. The average molecular weight is 294 g/mol. The van der Waals surface area contributed by atoms with Crippen molar-refractivity contribution in [2.45, 2.75) is 25.4 Å². The van der Waals surface area contributed by atoms with E-state index in [0.29, 0.717) is 23.3 Å². The van der Waals surface area contributed by atoms with Crippen molar-refractivity contribution in [2.24, 2.45) is 0 Å². The summed E-state index contributed by atoms with van der Waals surface area (Å²) >= 11 is 6.11. The van der Waals surface area contributed by atoms with Gasteiger partial charge in [0.25, 0.3) is 5.89 Å². The summed E-state index contributed by atoms with van der Waals surface area (Å²) in [4.78, 5) is 6.57. The molecule has 0 spiro atoms. The summed E-state index contributed by atoms with van der Waals surface area (Å²) < 4.78 is 5.28. The molecule has 0 amide bonds. The van der Waals surface area contributed by atoms with Crippen molar-refractivity contribution < 1.29 is 9.63 Å². The van der Waals surface area contributed by atoms with Gasteiger partial charge in [0.05, 0.1) is 23.7 Å². The molecular formula is C14H16ClN3O2. The maximum atomic E-state index is 9.31. The van der Waals surface area contributed by atoms with E-state index in [1.54, 1.807) is 6.07 Å². The Bertz CT molecular complexity index is 587. The third-order valence-corrected chi connectivity index (χ3v) is 3.96. The number of likely N-dealkylation sites (tertiary alicyclic amines) is 1. The van der Waals surface area contributed by atoms with Gasteiger partial charge < -0.3 is 9.63 Å². The van der Waals surface area contributed by atoms with E-state index in [1.807, 2.05) is 18.2 Å². The SMILES string of the molecule is OCC1CCCN1Cc1noc(-c2ccccc2Cl)n1. The van der Waals surface area contributed by atoms with Crippen molar-refractivity contribution in [1.82, 2.24) is 15.0 Å². The van der Waals surface area contributed by atoms with Crippen LogP contribution in [0.4, 0.5) is 0 Å². The van der Waals surface area contributed by atoms with Crippen molar-refractivity contribution in [1.29, 1.82) is 0 Å². The second-order valence-corrected chi connectivity index (χ2v) is 5.35. The Labute approximate surface area is 122 Å². The Morgan fingerprint density at radius 1 is 1.40 bits per heavy atom. The van der Waals surface area contributed by atoms with Crippen LogP contribution in [0.1, 0.15) is 18.7 Å². The van der Waals surface area contributed by atoms with Gasteiger partial charge in [-0.1, -0.05) is 28.9 Å². The fraction of sp³-hybridized carbons (Fsp3) is 0.429.